The van der Waals surface area contributed by atoms with Crippen molar-refractivity contribution in [3.8, 4) is 5.75 Å². The van der Waals surface area contributed by atoms with E-state index in [2.05, 4.69) is 5.32 Å². The lowest BCUT2D eigenvalue weighted by Crippen LogP contribution is -2.52. The molecule has 3 aromatic rings. The molecule has 0 heterocycles. The molecule has 0 aliphatic carbocycles. The highest BCUT2D eigenvalue weighted by atomic mass is 32.2. The summed E-state index contributed by atoms with van der Waals surface area (Å²) in [5.41, 5.74) is 3.68. The van der Waals surface area contributed by atoms with Crippen LogP contribution in [0.4, 0.5) is 5.69 Å². The molecule has 0 aliphatic rings. The minimum atomic E-state index is -4.12. The molecular weight excluding hydrogens is 526 g/mol. The second kappa shape index (κ2) is 13.0. The number of methoxy groups -OCH3 is 1. The van der Waals surface area contributed by atoms with Gasteiger partial charge in [-0.15, -0.1) is 0 Å². The van der Waals surface area contributed by atoms with Gasteiger partial charge in [0.2, 0.25) is 11.8 Å². The molecule has 0 spiro atoms. The lowest BCUT2D eigenvalue weighted by Gasteiger charge is -2.33. The van der Waals surface area contributed by atoms with Crippen LogP contribution in [0.5, 0.6) is 5.75 Å². The summed E-state index contributed by atoms with van der Waals surface area (Å²) in [6.45, 7) is 10.5. The maximum absolute atomic E-state index is 14.0. The van der Waals surface area contributed by atoms with E-state index in [1.165, 1.54) is 4.90 Å². The van der Waals surface area contributed by atoms with Gasteiger partial charge in [0.15, 0.2) is 0 Å². The van der Waals surface area contributed by atoms with Gasteiger partial charge in [0.05, 0.1) is 17.7 Å². The summed E-state index contributed by atoms with van der Waals surface area (Å²) in [7, 11) is -2.55. The summed E-state index contributed by atoms with van der Waals surface area (Å²) in [6, 6.07) is 18.2. The van der Waals surface area contributed by atoms with Crippen LogP contribution in [0.25, 0.3) is 0 Å². The number of hydrogen-bond donors (Lipinski definition) is 1. The maximum atomic E-state index is 14.0. The molecule has 1 unspecified atom stereocenters. The third-order valence-corrected chi connectivity index (χ3v) is 8.41. The van der Waals surface area contributed by atoms with Gasteiger partial charge in [-0.25, -0.2) is 8.42 Å². The van der Waals surface area contributed by atoms with E-state index in [1.807, 2.05) is 58.9 Å². The molecule has 8 nitrogen and oxygen atoms in total. The van der Waals surface area contributed by atoms with Crippen LogP contribution in [0.1, 0.15) is 43.0 Å². The second-order valence-corrected chi connectivity index (χ2v) is 12.2. The summed E-state index contributed by atoms with van der Waals surface area (Å²) < 4.78 is 34.4. The van der Waals surface area contributed by atoms with Crippen LogP contribution in [0.3, 0.4) is 0 Å². The van der Waals surface area contributed by atoms with Gasteiger partial charge in [-0.2, -0.15) is 0 Å². The van der Waals surface area contributed by atoms with Crippen molar-refractivity contribution in [3.05, 3.63) is 89.0 Å². The molecule has 0 saturated carbocycles. The molecule has 3 aromatic carbocycles. The van der Waals surface area contributed by atoms with Crippen molar-refractivity contribution in [2.45, 2.75) is 65.1 Å². The second-order valence-electron chi connectivity index (χ2n) is 10.3. The normalized spacial score (nSPS) is 12.1. The zero-order valence-electron chi connectivity index (χ0n) is 24.3. The quantitative estimate of drug-likeness (QED) is 0.362. The highest BCUT2D eigenvalue weighted by Gasteiger charge is 2.33. The Labute approximate surface area is 238 Å². The molecule has 214 valence electrons. The molecule has 0 bridgehead atoms. The zero-order valence-corrected chi connectivity index (χ0v) is 25.1. The van der Waals surface area contributed by atoms with E-state index in [0.29, 0.717) is 17.0 Å². The minimum absolute atomic E-state index is 0.0825. The van der Waals surface area contributed by atoms with Gasteiger partial charge in [0.1, 0.15) is 18.3 Å². The third-order valence-electron chi connectivity index (χ3n) is 6.63. The fourth-order valence-electron chi connectivity index (χ4n) is 4.25. The summed E-state index contributed by atoms with van der Waals surface area (Å²) in [5, 5.41) is 2.86. The molecule has 9 heteroatoms. The van der Waals surface area contributed by atoms with Crippen LogP contribution in [0.2, 0.25) is 0 Å². The number of amides is 2. The first-order valence-corrected chi connectivity index (χ1v) is 14.7. The molecule has 0 radical (unpaired) electrons. The summed E-state index contributed by atoms with van der Waals surface area (Å²) in [5.74, 6) is -0.159. The molecule has 1 atom stereocenters. The molecule has 2 amide bonds. The number of ether oxygens (including phenoxy) is 1. The number of sulfonamides is 1. The Kier molecular flexibility index (Phi) is 9.98. The van der Waals surface area contributed by atoms with Gasteiger partial charge in [-0.1, -0.05) is 42.0 Å². The van der Waals surface area contributed by atoms with Crippen molar-refractivity contribution in [2.75, 3.05) is 18.0 Å². The van der Waals surface area contributed by atoms with Gasteiger partial charge in [0, 0.05) is 12.6 Å². The minimum Gasteiger partial charge on any atom is -0.497 e. The van der Waals surface area contributed by atoms with Crippen LogP contribution in [-0.4, -0.2) is 50.9 Å². The average Bonchev–Trinajstić information content (AvgIpc) is 2.91. The Morgan fingerprint density at radius 1 is 0.875 bits per heavy atom. The first-order valence-electron chi connectivity index (χ1n) is 13.2. The van der Waals surface area contributed by atoms with Crippen LogP contribution in [-0.2, 0) is 26.2 Å². The van der Waals surface area contributed by atoms with Gasteiger partial charge in [-0.3, -0.25) is 13.9 Å². The highest BCUT2D eigenvalue weighted by Crippen LogP contribution is 2.29. The number of rotatable bonds is 11. The summed E-state index contributed by atoms with van der Waals surface area (Å²) >= 11 is 0. The lowest BCUT2D eigenvalue weighted by atomic mass is 10.1. The average molecular weight is 566 g/mol. The first-order chi connectivity index (χ1) is 18.8. The Hall–Kier alpha value is -3.85. The van der Waals surface area contributed by atoms with Gasteiger partial charge >= 0.3 is 0 Å². The fourth-order valence-corrected chi connectivity index (χ4v) is 5.72. The van der Waals surface area contributed by atoms with Crippen molar-refractivity contribution in [1.82, 2.24) is 10.2 Å². The molecular formula is C31H39N3O5S. The number of carbonyl (C=O) groups is 2. The molecule has 1 N–H and O–H groups in total. The zero-order chi connectivity index (χ0) is 29.6. The Morgan fingerprint density at radius 2 is 1.48 bits per heavy atom. The first kappa shape index (κ1) is 30.7. The number of nitrogens with zero attached hydrogens (tertiary/aromatic N) is 2. The predicted molar refractivity (Wildman–Crippen MR) is 158 cm³/mol. The maximum Gasteiger partial charge on any atom is 0.264 e. The van der Waals surface area contributed by atoms with Gasteiger partial charge in [-0.05, 0) is 88.6 Å². The summed E-state index contributed by atoms with van der Waals surface area (Å²) in [6.07, 6.45) is 0. The number of aryl methyl sites for hydroxylation is 3. The van der Waals surface area contributed by atoms with E-state index >= 15 is 0 Å². The molecule has 0 aliphatic heterocycles. The van der Waals surface area contributed by atoms with Crippen LogP contribution in [0, 0.1) is 20.8 Å². The number of benzene rings is 3. The molecule has 0 aromatic heterocycles. The number of nitrogens with one attached hydrogen (secondary N) is 1. The van der Waals surface area contributed by atoms with Crippen LogP contribution < -0.4 is 14.4 Å². The molecule has 0 saturated heterocycles. The molecule has 3 rings (SSSR count). The number of anilines is 1. The Morgan fingerprint density at radius 3 is 2.05 bits per heavy atom. The largest absolute Gasteiger partial charge is 0.497 e. The standard InChI is InChI=1S/C31H39N3O5S/c1-21(2)32-31(36)25(6)33(19-26-12-14-27(39-7)15-13-26)30(35)20-34(29-18-23(4)8-11-24(29)5)40(37,38)28-16-9-22(3)10-17-28/h8-18,21,25H,19-20H2,1-7H3,(H,32,36). The van der Waals surface area contributed by atoms with Crippen molar-refractivity contribution < 1.29 is 22.7 Å². The van der Waals surface area contributed by atoms with Gasteiger partial charge in [0.25, 0.3) is 10.0 Å². The van der Waals surface area contributed by atoms with E-state index in [1.54, 1.807) is 56.5 Å². The Bertz CT molecular complexity index is 1430. The topological polar surface area (TPSA) is 96.0 Å². The van der Waals surface area contributed by atoms with Crippen molar-refractivity contribution in [3.63, 3.8) is 0 Å². The van der Waals surface area contributed by atoms with E-state index in [4.69, 9.17) is 4.74 Å². The van der Waals surface area contributed by atoms with E-state index in [0.717, 1.165) is 21.0 Å². The molecule has 40 heavy (non-hydrogen) atoms. The highest BCUT2D eigenvalue weighted by molar-refractivity contribution is 7.92. The van der Waals surface area contributed by atoms with E-state index < -0.39 is 28.5 Å². The number of carbonyl (C=O) groups excluding carboxylic acids is 2. The van der Waals surface area contributed by atoms with Crippen molar-refractivity contribution >= 4 is 27.5 Å². The molecule has 0 fully saturated rings. The van der Waals surface area contributed by atoms with Crippen LogP contribution >= 0.6 is 0 Å². The van der Waals surface area contributed by atoms with Crippen molar-refractivity contribution in [2.24, 2.45) is 0 Å². The number of hydrogen-bond acceptors (Lipinski definition) is 5. The smallest absolute Gasteiger partial charge is 0.264 e. The Balaban J connectivity index is 2.06. The van der Waals surface area contributed by atoms with Crippen molar-refractivity contribution in [1.29, 1.82) is 0 Å². The van der Waals surface area contributed by atoms with Gasteiger partial charge < -0.3 is 15.0 Å². The fraction of sp³-hybridized carbons (Fsp3) is 0.355. The monoisotopic (exact) mass is 565 g/mol. The lowest BCUT2D eigenvalue weighted by molar-refractivity contribution is -0.139. The van der Waals surface area contributed by atoms with Crippen LogP contribution in [0.15, 0.2) is 71.6 Å². The third kappa shape index (κ3) is 7.41. The SMILES string of the molecule is COc1ccc(CN(C(=O)CN(c2cc(C)ccc2C)S(=O)(=O)c2ccc(C)cc2)C(C)C(=O)NC(C)C)cc1. The van der Waals surface area contributed by atoms with E-state index in [-0.39, 0.29) is 23.4 Å². The van der Waals surface area contributed by atoms with E-state index in [9.17, 15) is 18.0 Å². The predicted octanol–water partition coefficient (Wildman–Crippen LogP) is 4.76. The summed E-state index contributed by atoms with van der Waals surface area (Å²) in [4.78, 5) is 28.6.